The number of benzene rings is 1. The number of rotatable bonds is 5. The third-order valence-electron chi connectivity index (χ3n) is 4.73. The van der Waals surface area contributed by atoms with Gasteiger partial charge in [-0.05, 0) is 25.3 Å². The fourth-order valence-electron chi connectivity index (χ4n) is 3.27. The molecule has 5 heteroatoms. The third-order valence-corrected chi connectivity index (χ3v) is 4.73. The van der Waals surface area contributed by atoms with Gasteiger partial charge in [-0.25, -0.2) is 9.97 Å². The second-order valence-corrected chi connectivity index (χ2v) is 6.59. The molecule has 24 heavy (non-hydrogen) atoms. The van der Waals surface area contributed by atoms with E-state index in [-0.39, 0.29) is 6.04 Å². The molecule has 0 saturated heterocycles. The molecule has 128 valence electrons. The second-order valence-electron chi connectivity index (χ2n) is 6.59. The zero-order valence-corrected chi connectivity index (χ0v) is 14.3. The van der Waals surface area contributed by atoms with Crippen LogP contribution in [0.4, 0.5) is 17.3 Å². The van der Waals surface area contributed by atoms with E-state index in [2.05, 4.69) is 39.7 Å². The summed E-state index contributed by atoms with van der Waals surface area (Å²) >= 11 is 0. The van der Waals surface area contributed by atoms with Gasteiger partial charge in [0.05, 0.1) is 6.04 Å². The Morgan fingerprint density at radius 3 is 2.38 bits per heavy atom. The number of aromatic nitrogens is 2. The molecule has 1 atom stereocenters. The molecular formula is C19H27N5. The molecular weight excluding hydrogens is 298 g/mol. The predicted octanol–water partition coefficient (Wildman–Crippen LogP) is 4.37. The lowest BCUT2D eigenvalue weighted by Gasteiger charge is -2.20. The van der Waals surface area contributed by atoms with Crippen molar-refractivity contribution in [3.63, 3.8) is 0 Å². The summed E-state index contributed by atoms with van der Waals surface area (Å²) in [6.07, 6.45) is 9.17. The van der Waals surface area contributed by atoms with Gasteiger partial charge < -0.3 is 16.4 Å². The van der Waals surface area contributed by atoms with E-state index in [0.717, 1.165) is 5.82 Å². The molecule has 1 aromatic carbocycles. The van der Waals surface area contributed by atoms with Crippen molar-refractivity contribution in [1.29, 1.82) is 0 Å². The van der Waals surface area contributed by atoms with Gasteiger partial charge in [0.25, 0.3) is 0 Å². The highest BCUT2D eigenvalue weighted by Gasteiger charge is 2.16. The number of nitrogen functional groups attached to an aromatic ring is 1. The van der Waals surface area contributed by atoms with Crippen LogP contribution in [0.25, 0.3) is 0 Å². The van der Waals surface area contributed by atoms with Crippen LogP contribution in [0.2, 0.25) is 0 Å². The fourth-order valence-corrected chi connectivity index (χ4v) is 3.27. The summed E-state index contributed by atoms with van der Waals surface area (Å²) in [5, 5.41) is 6.93. The summed E-state index contributed by atoms with van der Waals surface area (Å²) in [6.45, 7) is 2.11. The molecule has 1 aliphatic carbocycles. The monoisotopic (exact) mass is 325 g/mol. The van der Waals surface area contributed by atoms with Crippen molar-refractivity contribution >= 4 is 17.3 Å². The Hall–Kier alpha value is -2.30. The largest absolute Gasteiger partial charge is 0.393 e. The third kappa shape index (κ3) is 4.16. The van der Waals surface area contributed by atoms with Crippen molar-refractivity contribution in [3.8, 4) is 0 Å². The van der Waals surface area contributed by atoms with E-state index < -0.39 is 0 Å². The first kappa shape index (κ1) is 16.6. The van der Waals surface area contributed by atoms with Gasteiger partial charge in [0.1, 0.15) is 12.0 Å². The van der Waals surface area contributed by atoms with Gasteiger partial charge >= 0.3 is 0 Å². The van der Waals surface area contributed by atoms with Gasteiger partial charge in [-0.1, -0.05) is 56.0 Å². The van der Waals surface area contributed by atoms with Crippen LogP contribution in [-0.4, -0.2) is 16.0 Å². The molecule has 3 rings (SSSR count). The van der Waals surface area contributed by atoms with Crippen LogP contribution >= 0.6 is 0 Å². The minimum Gasteiger partial charge on any atom is -0.393 e. The van der Waals surface area contributed by atoms with Gasteiger partial charge in [-0.15, -0.1) is 0 Å². The van der Waals surface area contributed by atoms with Gasteiger partial charge in [0, 0.05) is 6.04 Å². The minimum absolute atomic E-state index is 0.133. The average Bonchev–Trinajstić information content (AvgIpc) is 2.88. The maximum Gasteiger partial charge on any atom is 0.155 e. The first-order valence-corrected chi connectivity index (χ1v) is 8.92. The quantitative estimate of drug-likeness (QED) is 0.712. The Morgan fingerprint density at radius 1 is 1.00 bits per heavy atom. The maximum atomic E-state index is 6.32. The van der Waals surface area contributed by atoms with Crippen LogP contribution in [0.3, 0.4) is 0 Å². The molecule has 1 saturated carbocycles. The number of nitrogens with one attached hydrogen (secondary N) is 2. The smallest absolute Gasteiger partial charge is 0.155 e. The van der Waals surface area contributed by atoms with Crippen LogP contribution in [0.5, 0.6) is 0 Å². The molecule has 1 unspecified atom stereocenters. The number of hydrogen-bond donors (Lipinski definition) is 3. The van der Waals surface area contributed by atoms with E-state index in [4.69, 9.17) is 5.73 Å². The van der Waals surface area contributed by atoms with Crippen LogP contribution in [0.15, 0.2) is 36.7 Å². The molecule has 2 aromatic rings. The van der Waals surface area contributed by atoms with Crippen molar-refractivity contribution in [2.75, 3.05) is 16.4 Å². The summed E-state index contributed by atoms with van der Waals surface area (Å²) in [4.78, 5) is 8.69. The van der Waals surface area contributed by atoms with Crippen molar-refractivity contribution in [2.45, 2.75) is 57.5 Å². The first-order chi connectivity index (χ1) is 11.7. The lowest BCUT2D eigenvalue weighted by molar-refractivity contribution is 0.618. The van der Waals surface area contributed by atoms with E-state index in [1.807, 2.05) is 18.2 Å². The number of anilines is 3. The summed E-state index contributed by atoms with van der Waals surface area (Å²) in [5.41, 5.74) is 8.12. The molecule has 1 aliphatic rings. The predicted molar refractivity (Wildman–Crippen MR) is 100 cm³/mol. The summed E-state index contributed by atoms with van der Waals surface area (Å²) in [5.74, 6) is 1.44. The topological polar surface area (TPSA) is 75.9 Å². The van der Waals surface area contributed by atoms with Crippen LogP contribution in [-0.2, 0) is 0 Å². The number of hydrogen-bond acceptors (Lipinski definition) is 5. The summed E-state index contributed by atoms with van der Waals surface area (Å²) in [7, 11) is 0. The normalized spacial score (nSPS) is 17.0. The summed E-state index contributed by atoms with van der Waals surface area (Å²) in [6, 6.07) is 10.9. The van der Waals surface area contributed by atoms with E-state index in [1.165, 1.54) is 44.1 Å². The highest BCUT2D eigenvalue weighted by Crippen LogP contribution is 2.28. The second kappa shape index (κ2) is 7.99. The highest BCUT2D eigenvalue weighted by atomic mass is 15.1. The molecule has 0 radical (unpaired) electrons. The van der Waals surface area contributed by atoms with E-state index in [1.54, 1.807) is 6.33 Å². The summed E-state index contributed by atoms with van der Waals surface area (Å²) < 4.78 is 0. The SMILES string of the molecule is CC(Nc1ncnc(NC2CCCCCC2)c1N)c1ccccc1. The maximum absolute atomic E-state index is 6.32. The average molecular weight is 325 g/mol. The van der Waals surface area contributed by atoms with E-state index >= 15 is 0 Å². The molecule has 1 fully saturated rings. The first-order valence-electron chi connectivity index (χ1n) is 8.92. The van der Waals surface area contributed by atoms with Gasteiger partial charge in [-0.2, -0.15) is 0 Å². The molecule has 0 bridgehead atoms. The molecule has 0 aliphatic heterocycles. The highest BCUT2D eigenvalue weighted by molar-refractivity contribution is 5.74. The molecule has 0 spiro atoms. The van der Waals surface area contributed by atoms with Crippen LogP contribution < -0.4 is 16.4 Å². The van der Waals surface area contributed by atoms with Crippen molar-refractivity contribution < 1.29 is 0 Å². The van der Waals surface area contributed by atoms with Gasteiger partial charge in [0.15, 0.2) is 11.6 Å². The Morgan fingerprint density at radius 2 is 1.67 bits per heavy atom. The lowest BCUT2D eigenvalue weighted by Crippen LogP contribution is -2.21. The number of nitrogens with zero attached hydrogens (tertiary/aromatic N) is 2. The zero-order chi connectivity index (χ0) is 16.8. The molecule has 5 nitrogen and oxygen atoms in total. The Bertz CT molecular complexity index is 635. The van der Waals surface area contributed by atoms with Gasteiger partial charge in [0.2, 0.25) is 0 Å². The minimum atomic E-state index is 0.133. The molecule has 1 heterocycles. The van der Waals surface area contributed by atoms with E-state index in [0.29, 0.717) is 17.5 Å². The lowest BCUT2D eigenvalue weighted by atomic mass is 10.1. The standard InChI is InChI=1S/C19H27N5/c1-14(15-9-5-4-6-10-15)23-18-17(20)19(22-13-21-18)24-16-11-7-2-3-8-12-16/h4-6,9-10,13-14,16H,2-3,7-8,11-12,20H2,1H3,(H2,21,22,23,24). The van der Waals surface area contributed by atoms with Crippen LogP contribution in [0.1, 0.15) is 57.1 Å². The zero-order valence-electron chi connectivity index (χ0n) is 14.3. The van der Waals surface area contributed by atoms with Crippen molar-refractivity contribution in [2.24, 2.45) is 0 Å². The Kier molecular flexibility index (Phi) is 5.51. The molecule has 0 amide bonds. The molecule has 4 N–H and O–H groups in total. The van der Waals surface area contributed by atoms with Crippen molar-refractivity contribution in [3.05, 3.63) is 42.2 Å². The number of nitrogens with two attached hydrogens (primary N) is 1. The molecule has 1 aromatic heterocycles. The van der Waals surface area contributed by atoms with E-state index in [9.17, 15) is 0 Å². The van der Waals surface area contributed by atoms with Gasteiger partial charge in [-0.3, -0.25) is 0 Å². The van der Waals surface area contributed by atoms with Crippen molar-refractivity contribution in [1.82, 2.24) is 9.97 Å². The Balaban J connectivity index is 1.70. The fraction of sp³-hybridized carbons (Fsp3) is 0.474. The Labute approximate surface area is 144 Å². The van der Waals surface area contributed by atoms with Crippen LogP contribution in [0, 0.1) is 0 Å².